The number of hydrogen-bond acceptors (Lipinski definition) is 6. The van der Waals surface area contributed by atoms with Crippen LogP contribution in [-0.2, 0) is 6.54 Å². The lowest BCUT2D eigenvalue weighted by Crippen LogP contribution is -2.13. The molecule has 0 amide bonds. The molecule has 1 aromatic carbocycles. The van der Waals surface area contributed by atoms with Crippen molar-refractivity contribution in [3.8, 4) is 16.3 Å². The van der Waals surface area contributed by atoms with Crippen molar-refractivity contribution >= 4 is 34.0 Å². The van der Waals surface area contributed by atoms with Gasteiger partial charge in [-0.2, -0.15) is 0 Å². The smallest absolute Gasteiger partial charge is 0.349 e. The molecule has 172 valence electrons. The summed E-state index contributed by atoms with van der Waals surface area (Å²) in [7, 11) is 0. The molecule has 0 aliphatic rings. The molecule has 0 bridgehead atoms. The van der Waals surface area contributed by atoms with Gasteiger partial charge in [-0.05, 0) is 32.4 Å². The second-order valence-corrected chi connectivity index (χ2v) is 8.47. The van der Waals surface area contributed by atoms with Crippen LogP contribution >= 0.6 is 11.3 Å². The van der Waals surface area contributed by atoms with Crippen LogP contribution in [-0.4, -0.2) is 38.8 Å². The van der Waals surface area contributed by atoms with Crippen LogP contribution in [0.15, 0.2) is 30.6 Å². The summed E-state index contributed by atoms with van der Waals surface area (Å²) in [6.07, 6.45) is 1.39. The molecule has 0 aliphatic carbocycles. The third-order valence-electron chi connectivity index (χ3n) is 5.30. The summed E-state index contributed by atoms with van der Waals surface area (Å²) < 4.78 is 35.6. The molecule has 0 unspecified atom stereocenters. The Bertz CT molecular complexity index is 1350. The number of carbonyl (C=O) groups is 1. The number of carboxylic acids is 1. The van der Waals surface area contributed by atoms with Crippen LogP contribution in [0.1, 0.15) is 27.9 Å². The van der Waals surface area contributed by atoms with Gasteiger partial charge in [-0.25, -0.2) is 23.5 Å². The maximum atomic E-state index is 14.5. The van der Waals surface area contributed by atoms with Crippen LogP contribution in [0.3, 0.4) is 0 Å². The number of rotatable bonds is 8. The monoisotopic (exact) mass is 472 g/mol. The van der Waals surface area contributed by atoms with Crippen molar-refractivity contribution in [1.82, 2.24) is 14.5 Å². The first-order valence-electron chi connectivity index (χ1n) is 10.3. The van der Waals surface area contributed by atoms with Crippen molar-refractivity contribution in [2.45, 2.75) is 27.3 Å². The van der Waals surface area contributed by atoms with E-state index in [1.165, 1.54) is 6.33 Å². The van der Waals surface area contributed by atoms with E-state index in [2.05, 4.69) is 15.3 Å². The molecule has 4 aromatic rings. The van der Waals surface area contributed by atoms with Crippen molar-refractivity contribution in [2.75, 3.05) is 18.5 Å². The normalized spacial score (nSPS) is 11.2. The van der Waals surface area contributed by atoms with Gasteiger partial charge >= 0.3 is 5.97 Å². The predicted octanol–water partition coefficient (Wildman–Crippen LogP) is 5.26. The standard InChI is InChI=1S/C23H22F2N4O3S/c1-4-32-18-10-19(33-22(18)23(30)31)17-9-20(28-11-27-17)26-5-6-29-12(2)7-14-13(3)15(24)8-16(25)21(14)29/h7-11H,4-6H2,1-3H3,(H,30,31)(H,26,27,28). The zero-order valence-corrected chi connectivity index (χ0v) is 19.1. The summed E-state index contributed by atoms with van der Waals surface area (Å²) in [6, 6.07) is 6.07. The highest BCUT2D eigenvalue weighted by atomic mass is 32.1. The van der Waals surface area contributed by atoms with E-state index in [1.807, 2.05) is 6.92 Å². The van der Waals surface area contributed by atoms with Crippen LogP contribution in [0, 0.1) is 25.5 Å². The lowest BCUT2D eigenvalue weighted by Gasteiger charge is -2.11. The van der Waals surface area contributed by atoms with E-state index in [4.69, 9.17) is 4.74 Å². The molecule has 0 aliphatic heterocycles. The molecule has 3 aromatic heterocycles. The minimum atomic E-state index is -1.06. The van der Waals surface area contributed by atoms with Crippen LogP contribution in [0.4, 0.5) is 14.6 Å². The SMILES string of the molecule is CCOc1cc(-c2cc(NCCn3c(C)cc4c(C)c(F)cc(F)c43)ncn2)sc1C(=O)O. The number of fused-ring (bicyclic) bond motifs is 1. The third kappa shape index (κ3) is 4.38. The third-order valence-corrected chi connectivity index (χ3v) is 6.43. The molecule has 0 spiro atoms. The van der Waals surface area contributed by atoms with Crippen molar-refractivity contribution in [1.29, 1.82) is 0 Å². The number of nitrogens with one attached hydrogen (secondary N) is 1. The molecule has 3 heterocycles. The largest absolute Gasteiger partial charge is 0.492 e. The number of halogens is 2. The first-order chi connectivity index (χ1) is 15.8. The summed E-state index contributed by atoms with van der Waals surface area (Å²) in [6.45, 7) is 6.51. The Kier molecular flexibility index (Phi) is 6.28. The summed E-state index contributed by atoms with van der Waals surface area (Å²) >= 11 is 1.08. The van der Waals surface area contributed by atoms with Crippen LogP contribution in [0.2, 0.25) is 0 Å². The number of carboxylic acid groups (broad SMARTS) is 1. The van der Waals surface area contributed by atoms with E-state index in [0.717, 1.165) is 23.1 Å². The molecule has 0 atom stereocenters. The Morgan fingerprint density at radius 2 is 1.97 bits per heavy atom. The molecule has 4 rings (SSSR count). The number of aromatic carboxylic acids is 1. The molecule has 2 N–H and O–H groups in total. The van der Waals surface area contributed by atoms with Gasteiger partial charge in [0.05, 0.1) is 22.7 Å². The molecule has 0 saturated heterocycles. The fourth-order valence-corrected chi connectivity index (χ4v) is 4.63. The number of aromatic nitrogens is 3. The molecule has 0 saturated carbocycles. The number of benzene rings is 1. The second-order valence-electron chi connectivity index (χ2n) is 7.42. The van der Waals surface area contributed by atoms with Gasteiger partial charge in [-0.1, -0.05) is 0 Å². The van der Waals surface area contributed by atoms with Crippen molar-refractivity contribution in [3.63, 3.8) is 0 Å². The number of thiophene rings is 1. The summed E-state index contributed by atoms with van der Waals surface area (Å²) in [5, 5.41) is 13.1. The number of anilines is 1. The van der Waals surface area contributed by atoms with E-state index >= 15 is 0 Å². The van der Waals surface area contributed by atoms with Crippen molar-refractivity contribution < 1.29 is 23.4 Å². The first-order valence-corrected chi connectivity index (χ1v) is 11.1. The molecule has 10 heteroatoms. The Morgan fingerprint density at radius 1 is 1.18 bits per heavy atom. The zero-order chi connectivity index (χ0) is 23.7. The first kappa shape index (κ1) is 22.7. The molecule has 7 nitrogen and oxygen atoms in total. The summed E-state index contributed by atoms with van der Waals surface area (Å²) in [5.41, 5.74) is 2.18. The number of hydrogen-bond donors (Lipinski definition) is 2. The van der Waals surface area contributed by atoms with Gasteiger partial charge in [0.15, 0.2) is 4.88 Å². The van der Waals surface area contributed by atoms with Gasteiger partial charge in [0.1, 0.15) is 29.5 Å². The van der Waals surface area contributed by atoms with Gasteiger partial charge in [-0.3, -0.25) is 0 Å². The fraction of sp³-hybridized carbons (Fsp3) is 0.261. The van der Waals surface area contributed by atoms with Crippen molar-refractivity contribution in [2.24, 2.45) is 0 Å². The minimum Gasteiger partial charge on any atom is -0.492 e. The van der Waals surface area contributed by atoms with Gasteiger partial charge in [0, 0.05) is 42.4 Å². The quantitative estimate of drug-likeness (QED) is 0.363. The molecular weight excluding hydrogens is 450 g/mol. The average molecular weight is 473 g/mol. The Balaban J connectivity index is 1.53. The molecule has 0 radical (unpaired) electrons. The highest BCUT2D eigenvalue weighted by Crippen LogP contribution is 2.36. The van der Waals surface area contributed by atoms with Crippen LogP contribution in [0.5, 0.6) is 5.75 Å². The lowest BCUT2D eigenvalue weighted by atomic mass is 10.1. The summed E-state index contributed by atoms with van der Waals surface area (Å²) in [4.78, 5) is 20.7. The number of aryl methyl sites for hydroxylation is 2. The average Bonchev–Trinajstić information content (AvgIpc) is 3.35. The molecule has 0 fully saturated rings. The van der Waals surface area contributed by atoms with E-state index < -0.39 is 17.6 Å². The molecule has 33 heavy (non-hydrogen) atoms. The van der Waals surface area contributed by atoms with Gasteiger partial charge in [-0.15, -0.1) is 11.3 Å². The number of ether oxygens (including phenoxy) is 1. The molecular formula is C23H22F2N4O3S. The predicted molar refractivity (Wildman–Crippen MR) is 123 cm³/mol. The van der Waals surface area contributed by atoms with E-state index in [9.17, 15) is 18.7 Å². The van der Waals surface area contributed by atoms with Crippen molar-refractivity contribution in [3.05, 3.63) is 58.4 Å². The Hall–Kier alpha value is -3.53. The Labute approximate surface area is 192 Å². The maximum Gasteiger partial charge on any atom is 0.349 e. The van der Waals surface area contributed by atoms with Gasteiger partial charge < -0.3 is 19.7 Å². The van der Waals surface area contributed by atoms with E-state index in [1.54, 1.807) is 36.6 Å². The summed E-state index contributed by atoms with van der Waals surface area (Å²) in [5.74, 6) is -1.36. The van der Waals surface area contributed by atoms with Gasteiger partial charge in [0.25, 0.3) is 0 Å². The van der Waals surface area contributed by atoms with E-state index in [-0.39, 0.29) is 4.88 Å². The van der Waals surface area contributed by atoms with Gasteiger partial charge in [0.2, 0.25) is 0 Å². The highest BCUT2D eigenvalue weighted by molar-refractivity contribution is 7.17. The van der Waals surface area contributed by atoms with Crippen LogP contribution < -0.4 is 10.1 Å². The fourth-order valence-electron chi connectivity index (χ4n) is 3.72. The Morgan fingerprint density at radius 3 is 2.70 bits per heavy atom. The highest BCUT2D eigenvalue weighted by Gasteiger charge is 2.19. The second kappa shape index (κ2) is 9.14. The van der Waals surface area contributed by atoms with Crippen LogP contribution in [0.25, 0.3) is 21.5 Å². The van der Waals surface area contributed by atoms with E-state index in [0.29, 0.717) is 58.3 Å². The minimum absolute atomic E-state index is 0.115. The maximum absolute atomic E-state index is 14.5. The lowest BCUT2D eigenvalue weighted by molar-refractivity contribution is 0.0698. The zero-order valence-electron chi connectivity index (χ0n) is 18.3. The number of nitrogens with zero attached hydrogens (tertiary/aromatic N) is 3. The topological polar surface area (TPSA) is 89.3 Å².